The number of hydrogen-bond acceptors (Lipinski definition) is 6. The summed E-state index contributed by atoms with van der Waals surface area (Å²) >= 11 is 1.82. The average molecular weight is 448 g/mol. The Morgan fingerprint density at radius 2 is 1.84 bits per heavy atom. The van der Waals surface area contributed by atoms with Gasteiger partial charge >= 0.3 is 0 Å². The Labute approximate surface area is 193 Å². The molecule has 2 aromatic carbocycles. The quantitative estimate of drug-likeness (QED) is 0.336. The Morgan fingerprint density at radius 3 is 2.72 bits per heavy atom. The zero-order valence-corrected chi connectivity index (χ0v) is 19.3. The summed E-state index contributed by atoms with van der Waals surface area (Å²) in [7, 11) is 1.64. The molecule has 0 N–H and O–H groups in total. The predicted molar refractivity (Wildman–Crippen MR) is 134 cm³/mol. The number of piperazine rings is 1. The molecule has 1 saturated heterocycles. The molecule has 1 fully saturated rings. The van der Waals surface area contributed by atoms with Gasteiger partial charge in [-0.25, -0.2) is 4.98 Å². The molecule has 1 aliphatic rings. The highest BCUT2D eigenvalue weighted by Gasteiger charge is 2.18. The second-order valence-electron chi connectivity index (χ2n) is 8.20. The Balaban J connectivity index is 1.05. The summed E-state index contributed by atoms with van der Waals surface area (Å²) in [4.78, 5) is 9.61. The van der Waals surface area contributed by atoms with Gasteiger partial charge in [-0.2, -0.15) is 0 Å². The molecule has 0 atom stereocenters. The van der Waals surface area contributed by atoms with Crippen molar-refractivity contribution < 1.29 is 9.47 Å². The fourth-order valence-corrected chi connectivity index (χ4v) is 5.18. The van der Waals surface area contributed by atoms with Gasteiger partial charge in [0.05, 0.1) is 19.2 Å². The summed E-state index contributed by atoms with van der Waals surface area (Å²) in [5, 5.41) is 4.68. The van der Waals surface area contributed by atoms with Gasteiger partial charge in [0.2, 0.25) is 5.88 Å². The summed E-state index contributed by atoms with van der Waals surface area (Å²) in [6.07, 6.45) is 2.21. The molecule has 166 valence electrons. The molecule has 6 heteroatoms. The smallest absolute Gasteiger partial charge is 0.213 e. The molecule has 0 radical (unpaired) electrons. The van der Waals surface area contributed by atoms with Crippen LogP contribution in [0.5, 0.6) is 11.6 Å². The molecule has 0 unspecified atom stereocenters. The van der Waals surface area contributed by atoms with E-state index in [1.54, 1.807) is 7.11 Å². The maximum Gasteiger partial charge on any atom is 0.213 e. The highest BCUT2D eigenvalue weighted by molar-refractivity contribution is 7.17. The van der Waals surface area contributed by atoms with Crippen molar-refractivity contribution in [3.8, 4) is 11.6 Å². The zero-order valence-electron chi connectivity index (χ0n) is 18.5. The third-order valence-corrected chi connectivity index (χ3v) is 7.05. The van der Waals surface area contributed by atoms with Crippen LogP contribution in [0.25, 0.3) is 21.0 Å². The maximum absolute atomic E-state index is 5.98. The van der Waals surface area contributed by atoms with Gasteiger partial charge in [-0.05, 0) is 61.2 Å². The Hall–Kier alpha value is -2.83. The Kier molecular flexibility index (Phi) is 6.41. The van der Waals surface area contributed by atoms with E-state index < -0.39 is 0 Å². The number of benzene rings is 2. The number of aromatic nitrogens is 1. The molecule has 32 heavy (non-hydrogen) atoms. The average Bonchev–Trinajstić information content (AvgIpc) is 3.33. The second kappa shape index (κ2) is 9.76. The van der Waals surface area contributed by atoms with Crippen molar-refractivity contribution in [2.45, 2.75) is 12.8 Å². The first-order chi connectivity index (χ1) is 15.8. The molecule has 5 nitrogen and oxygen atoms in total. The molecule has 0 spiro atoms. The van der Waals surface area contributed by atoms with E-state index in [9.17, 15) is 0 Å². The number of unbranched alkanes of at least 4 members (excludes halogenated alkanes) is 1. The van der Waals surface area contributed by atoms with Crippen LogP contribution in [0.1, 0.15) is 12.8 Å². The second-order valence-corrected chi connectivity index (χ2v) is 9.15. The molecular formula is C26H29N3O2S. The Bertz CT molecular complexity index is 1180. The topological polar surface area (TPSA) is 37.8 Å². The van der Waals surface area contributed by atoms with E-state index >= 15 is 0 Å². The van der Waals surface area contributed by atoms with E-state index in [0.29, 0.717) is 5.88 Å². The van der Waals surface area contributed by atoms with Crippen molar-refractivity contribution in [3.05, 3.63) is 60.0 Å². The van der Waals surface area contributed by atoms with Crippen molar-refractivity contribution in [1.82, 2.24) is 9.88 Å². The molecule has 0 bridgehead atoms. The van der Waals surface area contributed by atoms with Crippen molar-refractivity contribution in [3.63, 3.8) is 0 Å². The summed E-state index contributed by atoms with van der Waals surface area (Å²) in [5.41, 5.74) is 2.29. The number of ether oxygens (including phenoxy) is 2. The van der Waals surface area contributed by atoms with E-state index in [1.807, 2.05) is 41.7 Å². The van der Waals surface area contributed by atoms with E-state index in [-0.39, 0.29) is 0 Å². The summed E-state index contributed by atoms with van der Waals surface area (Å²) in [6, 6.07) is 18.9. The van der Waals surface area contributed by atoms with Crippen molar-refractivity contribution in [2.75, 3.05) is 51.3 Å². The zero-order chi connectivity index (χ0) is 21.8. The van der Waals surface area contributed by atoms with Gasteiger partial charge in [-0.15, -0.1) is 11.3 Å². The summed E-state index contributed by atoms with van der Waals surface area (Å²) < 4.78 is 12.6. The van der Waals surface area contributed by atoms with E-state index in [0.717, 1.165) is 68.8 Å². The van der Waals surface area contributed by atoms with Crippen LogP contribution in [0.15, 0.2) is 60.0 Å². The largest absolute Gasteiger partial charge is 0.494 e. The van der Waals surface area contributed by atoms with Crippen molar-refractivity contribution in [1.29, 1.82) is 0 Å². The predicted octanol–water partition coefficient (Wildman–Crippen LogP) is 5.44. The minimum Gasteiger partial charge on any atom is -0.494 e. The maximum atomic E-state index is 5.98. The number of fused-ring (bicyclic) bond motifs is 2. The first-order valence-corrected chi connectivity index (χ1v) is 12.2. The lowest BCUT2D eigenvalue weighted by Gasteiger charge is -2.36. The van der Waals surface area contributed by atoms with Crippen molar-refractivity contribution >= 4 is 38.0 Å². The first-order valence-electron chi connectivity index (χ1n) is 11.3. The van der Waals surface area contributed by atoms with Crippen LogP contribution >= 0.6 is 11.3 Å². The number of nitrogens with zero attached hydrogens (tertiary/aromatic N) is 3. The number of rotatable bonds is 8. The van der Waals surface area contributed by atoms with Crippen LogP contribution in [0.4, 0.5) is 5.69 Å². The lowest BCUT2D eigenvalue weighted by atomic mass is 10.2. The molecule has 3 heterocycles. The molecule has 5 rings (SSSR count). The lowest BCUT2D eigenvalue weighted by Crippen LogP contribution is -2.46. The summed E-state index contributed by atoms with van der Waals surface area (Å²) in [5.74, 6) is 1.50. The van der Waals surface area contributed by atoms with Crippen LogP contribution < -0.4 is 14.4 Å². The third-order valence-electron chi connectivity index (χ3n) is 6.17. The molecular weight excluding hydrogens is 418 g/mol. The van der Waals surface area contributed by atoms with E-state index in [4.69, 9.17) is 9.47 Å². The van der Waals surface area contributed by atoms with E-state index in [1.165, 1.54) is 15.8 Å². The van der Waals surface area contributed by atoms with Crippen molar-refractivity contribution in [2.24, 2.45) is 0 Å². The van der Waals surface area contributed by atoms with Gasteiger partial charge in [0.1, 0.15) is 5.75 Å². The van der Waals surface area contributed by atoms with Gasteiger partial charge < -0.3 is 14.4 Å². The molecule has 4 aromatic rings. The van der Waals surface area contributed by atoms with Gasteiger partial charge in [0.15, 0.2) is 0 Å². The first kappa shape index (κ1) is 21.0. The number of hydrogen-bond donors (Lipinski definition) is 0. The molecule has 0 amide bonds. The number of pyridine rings is 1. The highest BCUT2D eigenvalue weighted by atomic mass is 32.1. The number of thiophene rings is 1. The van der Waals surface area contributed by atoms with Crippen LogP contribution in [0, 0.1) is 0 Å². The van der Waals surface area contributed by atoms with Crippen LogP contribution in [0.3, 0.4) is 0 Å². The Morgan fingerprint density at radius 1 is 0.969 bits per heavy atom. The standard InChI is InChI=1S/C26H29N3O2S/c1-30-26-10-8-20-7-9-21(19-23(20)27-26)31-17-3-2-12-28-13-15-29(16-14-28)24-5-4-6-25-22(24)11-18-32-25/h4-11,18-19H,2-3,12-17H2,1H3. The fourth-order valence-electron chi connectivity index (χ4n) is 4.38. The minimum atomic E-state index is 0.627. The van der Waals surface area contributed by atoms with Crippen LogP contribution in [-0.2, 0) is 0 Å². The van der Waals surface area contributed by atoms with E-state index in [2.05, 4.69) is 44.4 Å². The summed E-state index contributed by atoms with van der Waals surface area (Å²) in [6.45, 7) is 6.31. The van der Waals surface area contributed by atoms with Gasteiger partial charge in [0, 0.05) is 59.5 Å². The fraction of sp³-hybridized carbons (Fsp3) is 0.346. The highest BCUT2D eigenvalue weighted by Crippen LogP contribution is 2.31. The normalized spacial score (nSPS) is 14.8. The van der Waals surface area contributed by atoms with Gasteiger partial charge in [0.25, 0.3) is 0 Å². The monoisotopic (exact) mass is 447 g/mol. The molecule has 1 aliphatic heterocycles. The molecule has 2 aromatic heterocycles. The number of methoxy groups -OCH3 is 1. The molecule has 0 aliphatic carbocycles. The SMILES string of the molecule is COc1ccc2ccc(OCCCCN3CCN(c4cccc5sccc45)CC3)cc2n1. The minimum absolute atomic E-state index is 0.627. The van der Waals surface area contributed by atoms with Gasteiger partial charge in [-0.3, -0.25) is 4.90 Å². The molecule has 0 saturated carbocycles. The van der Waals surface area contributed by atoms with Gasteiger partial charge in [-0.1, -0.05) is 6.07 Å². The third kappa shape index (κ3) is 4.66. The number of anilines is 1. The lowest BCUT2D eigenvalue weighted by molar-refractivity contribution is 0.239. The van der Waals surface area contributed by atoms with Crippen LogP contribution in [-0.4, -0.2) is 56.3 Å². The van der Waals surface area contributed by atoms with Crippen LogP contribution in [0.2, 0.25) is 0 Å².